The quantitative estimate of drug-likeness (QED) is 0.924. The van der Waals surface area contributed by atoms with Crippen molar-refractivity contribution in [3.63, 3.8) is 0 Å². The van der Waals surface area contributed by atoms with Gasteiger partial charge in [0.1, 0.15) is 0 Å². The molecule has 1 aromatic heterocycles. The molecule has 2 heterocycles. The van der Waals surface area contributed by atoms with Gasteiger partial charge in [0.25, 0.3) is 5.56 Å². The van der Waals surface area contributed by atoms with Crippen LogP contribution in [-0.4, -0.2) is 21.4 Å². The summed E-state index contributed by atoms with van der Waals surface area (Å²) < 4.78 is 38.3. The largest absolute Gasteiger partial charge is 0.449 e. The van der Waals surface area contributed by atoms with Gasteiger partial charge < -0.3 is 4.98 Å². The predicted molar refractivity (Wildman–Crippen MR) is 78.9 cm³/mol. The van der Waals surface area contributed by atoms with Crippen LogP contribution < -0.4 is 5.56 Å². The normalized spacial score (nSPS) is 15.5. The first-order valence-electron chi connectivity index (χ1n) is 7.30. The number of aryl methyl sites for hydroxylation is 1. The molecule has 23 heavy (non-hydrogen) atoms. The van der Waals surface area contributed by atoms with Gasteiger partial charge >= 0.3 is 6.18 Å². The molecule has 3 rings (SSSR count). The first-order valence-corrected chi connectivity index (χ1v) is 7.30. The fraction of sp³-hybridized carbons (Fsp3) is 0.375. The third-order valence-electron chi connectivity index (χ3n) is 3.91. The summed E-state index contributed by atoms with van der Waals surface area (Å²) in [7, 11) is 0. The smallest absolute Gasteiger partial charge is 0.303 e. The summed E-state index contributed by atoms with van der Waals surface area (Å²) >= 11 is 0. The van der Waals surface area contributed by atoms with Gasteiger partial charge in [-0.3, -0.25) is 9.69 Å². The Morgan fingerprint density at radius 3 is 2.83 bits per heavy atom. The van der Waals surface area contributed by atoms with Gasteiger partial charge in [0, 0.05) is 25.2 Å². The number of rotatable bonds is 2. The molecule has 0 spiro atoms. The van der Waals surface area contributed by atoms with Gasteiger partial charge in [0.15, 0.2) is 0 Å². The molecule has 122 valence electrons. The standard InChI is InChI=1S/C16H16F3N3O/c1-10-3-2-4-11(7-10)8-22-6-5-12-13(9-22)20-15(16(17,18)19)21-14(12)23/h2-4,7H,5-6,8-9H2,1H3,(H,20,21,23). The summed E-state index contributed by atoms with van der Waals surface area (Å²) in [6.45, 7) is 3.48. The van der Waals surface area contributed by atoms with Crippen molar-refractivity contribution < 1.29 is 13.2 Å². The van der Waals surface area contributed by atoms with E-state index >= 15 is 0 Å². The van der Waals surface area contributed by atoms with E-state index in [0.29, 0.717) is 25.1 Å². The molecular formula is C16H16F3N3O. The highest BCUT2D eigenvalue weighted by atomic mass is 19.4. The Labute approximate surface area is 131 Å². The molecule has 0 atom stereocenters. The van der Waals surface area contributed by atoms with Crippen LogP contribution in [-0.2, 0) is 25.7 Å². The molecule has 1 aliphatic rings. The second-order valence-electron chi connectivity index (χ2n) is 5.79. The molecule has 1 N–H and O–H groups in total. The van der Waals surface area contributed by atoms with E-state index < -0.39 is 17.6 Å². The number of aromatic amines is 1. The monoisotopic (exact) mass is 323 g/mol. The topological polar surface area (TPSA) is 49.0 Å². The Kier molecular flexibility index (Phi) is 3.97. The minimum Gasteiger partial charge on any atom is -0.303 e. The van der Waals surface area contributed by atoms with E-state index in [-0.39, 0.29) is 12.2 Å². The molecule has 1 aliphatic heterocycles. The van der Waals surface area contributed by atoms with Crippen LogP contribution in [0.3, 0.4) is 0 Å². The van der Waals surface area contributed by atoms with E-state index in [1.165, 1.54) is 0 Å². The number of nitrogens with zero attached hydrogens (tertiary/aromatic N) is 2. The first kappa shape index (κ1) is 15.7. The number of nitrogens with one attached hydrogen (secondary N) is 1. The summed E-state index contributed by atoms with van der Waals surface area (Å²) in [5, 5.41) is 0. The van der Waals surface area contributed by atoms with E-state index in [1.54, 1.807) is 0 Å². The van der Waals surface area contributed by atoms with Gasteiger partial charge in [-0.05, 0) is 18.9 Å². The third-order valence-corrected chi connectivity index (χ3v) is 3.91. The van der Waals surface area contributed by atoms with Crippen molar-refractivity contribution in [2.24, 2.45) is 0 Å². The Bertz CT molecular complexity index is 783. The van der Waals surface area contributed by atoms with Crippen LogP contribution >= 0.6 is 0 Å². The van der Waals surface area contributed by atoms with Crippen molar-refractivity contribution in [3.8, 4) is 0 Å². The maximum Gasteiger partial charge on any atom is 0.449 e. The average molecular weight is 323 g/mol. The number of hydrogen-bond acceptors (Lipinski definition) is 3. The van der Waals surface area contributed by atoms with Crippen LogP contribution in [0.1, 0.15) is 28.2 Å². The van der Waals surface area contributed by atoms with Crippen molar-refractivity contribution >= 4 is 0 Å². The van der Waals surface area contributed by atoms with Crippen molar-refractivity contribution in [2.75, 3.05) is 6.54 Å². The molecular weight excluding hydrogens is 307 g/mol. The van der Waals surface area contributed by atoms with Crippen molar-refractivity contribution in [1.82, 2.24) is 14.9 Å². The molecule has 0 bridgehead atoms. The summed E-state index contributed by atoms with van der Waals surface area (Å²) in [4.78, 5) is 19.3. The van der Waals surface area contributed by atoms with E-state index in [4.69, 9.17) is 0 Å². The summed E-state index contributed by atoms with van der Waals surface area (Å²) in [5.41, 5.74) is 2.12. The second kappa shape index (κ2) is 5.81. The number of alkyl halides is 3. The minimum atomic E-state index is -4.65. The Balaban J connectivity index is 1.85. The van der Waals surface area contributed by atoms with E-state index in [1.807, 2.05) is 41.1 Å². The number of benzene rings is 1. The first-order chi connectivity index (χ1) is 10.8. The molecule has 7 heteroatoms. The van der Waals surface area contributed by atoms with Crippen LogP contribution in [0.25, 0.3) is 0 Å². The Morgan fingerprint density at radius 2 is 2.13 bits per heavy atom. The minimum absolute atomic E-state index is 0.222. The van der Waals surface area contributed by atoms with Crippen LogP contribution in [0, 0.1) is 6.92 Å². The molecule has 1 aromatic carbocycles. The maximum absolute atomic E-state index is 12.8. The lowest BCUT2D eigenvalue weighted by molar-refractivity contribution is -0.145. The lowest BCUT2D eigenvalue weighted by atomic mass is 10.0. The molecule has 0 saturated carbocycles. The molecule has 0 unspecified atom stereocenters. The maximum atomic E-state index is 12.8. The SMILES string of the molecule is Cc1cccc(CN2CCc3c(nc(C(F)(F)F)[nH]c3=O)C2)c1. The van der Waals surface area contributed by atoms with Gasteiger partial charge in [-0.15, -0.1) is 0 Å². The highest BCUT2D eigenvalue weighted by Crippen LogP contribution is 2.26. The van der Waals surface area contributed by atoms with Crippen LogP contribution in [0.5, 0.6) is 0 Å². The van der Waals surface area contributed by atoms with Crippen LogP contribution in [0.4, 0.5) is 13.2 Å². The zero-order valence-electron chi connectivity index (χ0n) is 12.6. The second-order valence-corrected chi connectivity index (χ2v) is 5.79. The summed E-state index contributed by atoms with van der Waals surface area (Å²) in [5.74, 6) is -1.22. The molecule has 0 aliphatic carbocycles. The van der Waals surface area contributed by atoms with Crippen LogP contribution in [0.15, 0.2) is 29.1 Å². The zero-order valence-corrected chi connectivity index (χ0v) is 12.6. The van der Waals surface area contributed by atoms with Gasteiger partial charge in [-0.25, -0.2) is 4.98 Å². The Morgan fingerprint density at radius 1 is 1.35 bits per heavy atom. The predicted octanol–water partition coefficient (Wildman–Crippen LogP) is 2.66. The van der Waals surface area contributed by atoms with Crippen LogP contribution in [0.2, 0.25) is 0 Å². The lowest BCUT2D eigenvalue weighted by Crippen LogP contribution is -2.36. The molecule has 0 fully saturated rings. The molecule has 0 amide bonds. The highest BCUT2D eigenvalue weighted by molar-refractivity contribution is 5.24. The Hall–Kier alpha value is -2.15. The molecule has 0 saturated heterocycles. The van der Waals surface area contributed by atoms with Gasteiger partial charge in [0.05, 0.1) is 5.69 Å². The van der Waals surface area contributed by atoms with E-state index in [9.17, 15) is 18.0 Å². The van der Waals surface area contributed by atoms with Gasteiger partial charge in [-0.2, -0.15) is 13.2 Å². The molecule has 4 nitrogen and oxygen atoms in total. The van der Waals surface area contributed by atoms with Crippen molar-refractivity contribution in [2.45, 2.75) is 32.6 Å². The number of hydrogen-bond donors (Lipinski definition) is 1. The van der Waals surface area contributed by atoms with Gasteiger partial charge in [0.2, 0.25) is 5.82 Å². The number of aromatic nitrogens is 2. The lowest BCUT2D eigenvalue weighted by Gasteiger charge is -2.28. The molecule has 2 aromatic rings. The highest BCUT2D eigenvalue weighted by Gasteiger charge is 2.35. The third kappa shape index (κ3) is 3.44. The van der Waals surface area contributed by atoms with Gasteiger partial charge in [-0.1, -0.05) is 29.8 Å². The average Bonchev–Trinajstić information content (AvgIpc) is 2.46. The number of halogens is 3. The zero-order chi connectivity index (χ0) is 16.6. The number of H-pyrrole nitrogens is 1. The fourth-order valence-electron chi connectivity index (χ4n) is 2.83. The molecule has 0 radical (unpaired) electrons. The van der Waals surface area contributed by atoms with Crippen molar-refractivity contribution in [1.29, 1.82) is 0 Å². The number of fused-ring (bicyclic) bond motifs is 1. The van der Waals surface area contributed by atoms with E-state index in [0.717, 1.165) is 11.1 Å². The summed E-state index contributed by atoms with van der Waals surface area (Å²) in [6.07, 6.45) is -4.24. The van der Waals surface area contributed by atoms with Crippen molar-refractivity contribution in [3.05, 3.63) is 62.8 Å². The van der Waals surface area contributed by atoms with E-state index in [2.05, 4.69) is 4.98 Å². The fourth-order valence-corrected chi connectivity index (χ4v) is 2.83. The summed E-state index contributed by atoms with van der Waals surface area (Å²) in [6, 6.07) is 7.97.